The number of ether oxygens (including phenoxy) is 3. The van der Waals surface area contributed by atoms with Gasteiger partial charge in [-0.3, -0.25) is 0 Å². The highest BCUT2D eigenvalue weighted by atomic mass is 35.5. The third kappa shape index (κ3) is 3.51. The van der Waals surface area contributed by atoms with Crippen LogP contribution in [-0.2, 0) is 4.74 Å². The van der Waals surface area contributed by atoms with Crippen molar-refractivity contribution in [3.63, 3.8) is 0 Å². The number of morpholine rings is 1. The van der Waals surface area contributed by atoms with E-state index in [9.17, 15) is 0 Å². The van der Waals surface area contributed by atoms with Gasteiger partial charge in [0.15, 0.2) is 29.0 Å². The topological polar surface area (TPSA) is 69.6 Å². The molecule has 0 radical (unpaired) electrons. The van der Waals surface area contributed by atoms with E-state index in [4.69, 9.17) is 25.8 Å². The number of benzene rings is 1. The van der Waals surface area contributed by atoms with Crippen molar-refractivity contribution in [2.45, 2.75) is 0 Å². The molecule has 2 aromatic heterocycles. The molecule has 10 heteroatoms. The van der Waals surface area contributed by atoms with E-state index in [1.807, 2.05) is 4.90 Å². The Morgan fingerprint density at radius 1 is 1.03 bits per heavy atom. The van der Waals surface area contributed by atoms with E-state index in [0.717, 1.165) is 6.07 Å². The van der Waals surface area contributed by atoms with E-state index in [2.05, 4.69) is 15.0 Å². The highest BCUT2D eigenvalue weighted by Crippen LogP contribution is 2.38. The van der Waals surface area contributed by atoms with Gasteiger partial charge in [0, 0.05) is 24.5 Å². The Hall–Kier alpha value is -2.78. The second-order valence-electron chi connectivity index (χ2n) is 6.28. The minimum absolute atomic E-state index is 0.143. The summed E-state index contributed by atoms with van der Waals surface area (Å²) in [6, 6.07) is 2.77. The summed E-state index contributed by atoms with van der Waals surface area (Å²) < 4.78 is 45.4. The van der Waals surface area contributed by atoms with E-state index in [1.54, 1.807) is 6.07 Å². The first-order chi connectivity index (χ1) is 14.0. The summed E-state index contributed by atoms with van der Waals surface area (Å²) in [6.07, 6.45) is 1.44. The Morgan fingerprint density at radius 2 is 1.69 bits per heavy atom. The zero-order valence-electron chi connectivity index (χ0n) is 15.7. The van der Waals surface area contributed by atoms with E-state index < -0.39 is 17.2 Å². The van der Waals surface area contributed by atoms with Gasteiger partial charge in [-0.05, 0) is 6.07 Å². The van der Waals surface area contributed by atoms with Crippen LogP contribution >= 0.6 is 11.6 Å². The van der Waals surface area contributed by atoms with Crippen molar-refractivity contribution in [1.82, 2.24) is 15.0 Å². The predicted octanol–water partition coefficient (Wildman–Crippen LogP) is 3.48. The van der Waals surface area contributed by atoms with Crippen LogP contribution in [0.4, 0.5) is 14.6 Å². The normalized spacial score (nSPS) is 14.3. The van der Waals surface area contributed by atoms with E-state index in [0.29, 0.717) is 43.0 Å². The molecule has 1 fully saturated rings. The maximum absolute atomic E-state index is 15.0. The Bertz CT molecular complexity index is 1050. The molecule has 0 N–H and O–H groups in total. The van der Waals surface area contributed by atoms with Crippen LogP contribution in [0, 0.1) is 11.6 Å². The molecule has 0 amide bonds. The molecule has 0 spiro atoms. The van der Waals surface area contributed by atoms with Crippen molar-refractivity contribution < 1.29 is 23.0 Å². The van der Waals surface area contributed by atoms with Crippen LogP contribution < -0.4 is 14.4 Å². The molecule has 29 heavy (non-hydrogen) atoms. The molecule has 0 aliphatic carbocycles. The molecule has 1 aromatic carbocycles. The first kappa shape index (κ1) is 19.5. The molecule has 1 saturated heterocycles. The minimum atomic E-state index is -0.917. The second kappa shape index (κ2) is 7.92. The molecule has 7 nitrogen and oxygen atoms in total. The van der Waals surface area contributed by atoms with Crippen LogP contribution in [-0.4, -0.2) is 55.5 Å². The van der Waals surface area contributed by atoms with Crippen molar-refractivity contribution in [2.24, 2.45) is 0 Å². The van der Waals surface area contributed by atoms with Crippen LogP contribution in [0.3, 0.4) is 0 Å². The zero-order chi connectivity index (χ0) is 20.5. The summed E-state index contributed by atoms with van der Waals surface area (Å²) in [5.41, 5.74) is -0.0333. The number of hydrogen-bond acceptors (Lipinski definition) is 7. The lowest BCUT2D eigenvalue weighted by molar-refractivity contribution is 0.122. The van der Waals surface area contributed by atoms with Crippen molar-refractivity contribution in [1.29, 1.82) is 0 Å². The highest BCUT2D eigenvalue weighted by Gasteiger charge is 2.26. The smallest absolute Gasteiger partial charge is 0.179 e. The number of hydrogen-bond donors (Lipinski definition) is 0. The molecular formula is C19H17ClF2N4O3. The Labute approximate surface area is 170 Å². The fourth-order valence-corrected chi connectivity index (χ4v) is 3.36. The molecule has 3 aromatic rings. The van der Waals surface area contributed by atoms with Crippen molar-refractivity contribution >= 4 is 28.3 Å². The van der Waals surface area contributed by atoms with Gasteiger partial charge in [-0.15, -0.1) is 0 Å². The van der Waals surface area contributed by atoms with E-state index in [1.165, 1.54) is 20.4 Å². The van der Waals surface area contributed by atoms with Gasteiger partial charge in [0.1, 0.15) is 11.0 Å². The molecule has 0 bridgehead atoms. The molecule has 1 aliphatic rings. The zero-order valence-corrected chi connectivity index (χ0v) is 16.5. The van der Waals surface area contributed by atoms with Crippen LogP contribution in [0.15, 0.2) is 18.3 Å². The first-order valence-electron chi connectivity index (χ1n) is 8.79. The monoisotopic (exact) mass is 422 g/mol. The predicted molar refractivity (Wildman–Crippen MR) is 104 cm³/mol. The molecule has 1 aliphatic heterocycles. The van der Waals surface area contributed by atoms with Gasteiger partial charge in [0.25, 0.3) is 0 Å². The number of anilines is 1. The lowest BCUT2D eigenvalue weighted by atomic mass is 10.1. The number of methoxy groups -OCH3 is 2. The third-order valence-corrected chi connectivity index (χ3v) is 4.84. The molecule has 0 saturated carbocycles. The highest BCUT2D eigenvalue weighted by molar-refractivity contribution is 6.30. The average Bonchev–Trinajstić information content (AvgIpc) is 2.74. The van der Waals surface area contributed by atoms with Crippen LogP contribution in [0.25, 0.3) is 22.3 Å². The first-order valence-corrected chi connectivity index (χ1v) is 9.17. The standard InChI is InChI=1S/C19H17ClF2N4O3/c1-27-12-8-13(28-2)17(22)15(16(12)21)18-24-11-9-23-14(20)7-10(11)19(25-18)26-3-5-29-6-4-26/h7-9H,3-6H2,1-2H3. The number of rotatable bonds is 4. The summed E-state index contributed by atoms with van der Waals surface area (Å²) in [4.78, 5) is 14.8. The van der Waals surface area contributed by atoms with E-state index >= 15 is 8.78 Å². The van der Waals surface area contributed by atoms with Gasteiger partial charge in [0.05, 0.1) is 44.7 Å². The Morgan fingerprint density at radius 3 is 2.31 bits per heavy atom. The lowest BCUT2D eigenvalue weighted by Crippen LogP contribution is -2.37. The average molecular weight is 423 g/mol. The van der Waals surface area contributed by atoms with Crippen molar-refractivity contribution in [3.8, 4) is 22.9 Å². The molecule has 0 atom stereocenters. The summed E-state index contributed by atoms with van der Waals surface area (Å²) in [6.45, 7) is 2.15. The number of pyridine rings is 1. The van der Waals surface area contributed by atoms with Gasteiger partial charge in [-0.1, -0.05) is 11.6 Å². The fourth-order valence-electron chi connectivity index (χ4n) is 3.20. The second-order valence-corrected chi connectivity index (χ2v) is 6.67. The largest absolute Gasteiger partial charge is 0.494 e. The summed E-state index contributed by atoms with van der Waals surface area (Å²) >= 11 is 6.05. The molecule has 3 heterocycles. The Kier molecular flexibility index (Phi) is 5.33. The summed E-state index contributed by atoms with van der Waals surface area (Å²) in [7, 11) is 2.57. The van der Waals surface area contributed by atoms with Crippen LogP contribution in [0.2, 0.25) is 5.15 Å². The van der Waals surface area contributed by atoms with Crippen molar-refractivity contribution in [3.05, 3.63) is 35.1 Å². The molecule has 152 valence electrons. The minimum Gasteiger partial charge on any atom is -0.494 e. The molecule has 0 unspecified atom stereocenters. The van der Waals surface area contributed by atoms with Gasteiger partial charge in [-0.2, -0.15) is 0 Å². The maximum atomic E-state index is 15.0. The number of aromatic nitrogens is 3. The van der Waals surface area contributed by atoms with Crippen molar-refractivity contribution in [2.75, 3.05) is 45.4 Å². The molecular weight excluding hydrogens is 406 g/mol. The van der Waals surface area contributed by atoms with Crippen LogP contribution in [0.5, 0.6) is 11.5 Å². The van der Waals surface area contributed by atoms with Gasteiger partial charge in [-0.25, -0.2) is 23.7 Å². The van der Waals surface area contributed by atoms with Gasteiger partial charge >= 0.3 is 0 Å². The third-order valence-electron chi connectivity index (χ3n) is 4.64. The van der Waals surface area contributed by atoms with Crippen LogP contribution in [0.1, 0.15) is 0 Å². The molecule has 4 rings (SSSR count). The maximum Gasteiger partial charge on any atom is 0.179 e. The lowest BCUT2D eigenvalue weighted by Gasteiger charge is -2.29. The number of halogens is 3. The summed E-state index contributed by atoms with van der Waals surface area (Å²) in [5, 5.41) is 0.898. The SMILES string of the molecule is COc1cc(OC)c(F)c(-c2nc(N3CCOCC3)c3cc(Cl)ncc3n2)c1F. The van der Waals surface area contributed by atoms with Gasteiger partial charge < -0.3 is 19.1 Å². The Balaban J connectivity index is 1.99. The quantitative estimate of drug-likeness (QED) is 0.596. The number of nitrogens with zero attached hydrogens (tertiary/aromatic N) is 4. The number of fused-ring (bicyclic) bond motifs is 1. The van der Waals surface area contributed by atoms with E-state index in [-0.39, 0.29) is 22.5 Å². The summed E-state index contributed by atoms with van der Waals surface area (Å²) in [5.74, 6) is -1.83. The van der Waals surface area contributed by atoms with Gasteiger partial charge in [0.2, 0.25) is 0 Å². The fraction of sp³-hybridized carbons (Fsp3) is 0.316.